The van der Waals surface area contributed by atoms with Gasteiger partial charge in [-0.1, -0.05) is 11.8 Å². The Morgan fingerprint density at radius 2 is 1.78 bits per heavy atom. The number of hydrogen-bond donors (Lipinski definition) is 5. The Morgan fingerprint density at radius 3 is 2.31 bits per heavy atom. The third-order valence-corrected chi connectivity index (χ3v) is 5.47. The van der Waals surface area contributed by atoms with E-state index in [4.69, 9.17) is 10.3 Å². The predicted octanol–water partition coefficient (Wildman–Crippen LogP) is 1.46. The van der Waals surface area contributed by atoms with Gasteiger partial charge in [0.05, 0.1) is 0 Å². The molecule has 0 saturated heterocycles. The molecule has 172 valence electrons. The number of amides is 2. The van der Waals surface area contributed by atoms with Crippen molar-refractivity contribution in [2.45, 2.75) is 50.7 Å². The highest BCUT2D eigenvalue weighted by Crippen LogP contribution is 2.27. The molecule has 0 spiro atoms. The van der Waals surface area contributed by atoms with Crippen LogP contribution in [0, 0.1) is 35.5 Å². The van der Waals surface area contributed by atoms with Crippen LogP contribution in [0.2, 0.25) is 0 Å². The van der Waals surface area contributed by atoms with Gasteiger partial charge in [0.25, 0.3) is 18.2 Å². The van der Waals surface area contributed by atoms with Gasteiger partial charge in [-0.3, -0.25) is 14.8 Å². The summed E-state index contributed by atoms with van der Waals surface area (Å²) in [5, 5.41) is 29.8. The first kappa shape index (κ1) is 25.3. The Hall–Kier alpha value is -2.98. The molecule has 0 heterocycles. The fourth-order valence-electron chi connectivity index (χ4n) is 3.32. The van der Waals surface area contributed by atoms with Crippen LogP contribution < -0.4 is 10.8 Å². The van der Waals surface area contributed by atoms with E-state index in [0.717, 1.165) is 31.2 Å². The van der Waals surface area contributed by atoms with Gasteiger partial charge in [-0.05, 0) is 74.6 Å². The summed E-state index contributed by atoms with van der Waals surface area (Å²) >= 11 is 0. The fourth-order valence-corrected chi connectivity index (χ4v) is 3.32. The number of aliphatic hydroxyl groups is 2. The average molecular weight is 448 g/mol. The van der Waals surface area contributed by atoms with Gasteiger partial charge in [-0.25, -0.2) is 14.3 Å². The molecule has 1 aliphatic carbocycles. The number of carbonyl (C=O) groups excluding carboxylic acids is 2. The Balaban J connectivity index is 2.00. The number of rotatable bonds is 6. The van der Waals surface area contributed by atoms with Gasteiger partial charge in [0, 0.05) is 23.7 Å². The lowest BCUT2D eigenvalue weighted by Crippen LogP contribution is -2.61. The van der Waals surface area contributed by atoms with Crippen molar-refractivity contribution in [2.75, 3.05) is 6.61 Å². The first-order valence-corrected chi connectivity index (χ1v) is 10.2. The highest BCUT2D eigenvalue weighted by molar-refractivity contribution is 5.97. The molecule has 0 bridgehead atoms. The molecule has 5 N–H and O–H groups in total. The Labute approximate surface area is 185 Å². The summed E-state index contributed by atoms with van der Waals surface area (Å²) in [6.45, 7) is 0.894. The summed E-state index contributed by atoms with van der Waals surface area (Å²) in [5.74, 6) is 9.90. The topological polar surface area (TPSA) is 119 Å². The molecule has 32 heavy (non-hydrogen) atoms. The highest BCUT2D eigenvalue weighted by atomic mass is 19.3. The highest BCUT2D eigenvalue weighted by Gasteiger charge is 2.46. The van der Waals surface area contributed by atoms with Crippen LogP contribution in [0.1, 0.15) is 48.5 Å². The largest absolute Gasteiger partial charge is 0.396 e. The lowest BCUT2D eigenvalue weighted by molar-refractivity contribution is -0.149. The zero-order valence-corrected chi connectivity index (χ0v) is 17.6. The van der Waals surface area contributed by atoms with Crippen LogP contribution in [0.25, 0.3) is 0 Å². The summed E-state index contributed by atoms with van der Waals surface area (Å²) < 4.78 is 26.1. The molecule has 1 unspecified atom stereocenters. The normalized spacial score (nSPS) is 20.6. The number of halogens is 2. The SMILES string of the molecule is CC(O)(C(F)F)[C@H](NC(=O)c1ccc(C#CC#CC2CCC(CO)CC2)cc1)C(=O)NO. The molecular weight excluding hydrogens is 422 g/mol. The second-order valence-electron chi connectivity index (χ2n) is 7.91. The van der Waals surface area contributed by atoms with E-state index in [-0.39, 0.29) is 18.1 Å². The summed E-state index contributed by atoms with van der Waals surface area (Å²) in [6, 6.07) is 3.74. The van der Waals surface area contributed by atoms with Gasteiger partial charge in [-0.2, -0.15) is 0 Å². The Bertz CT molecular complexity index is 918. The van der Waals surface area contributed by atoms with Crippen molar-refractivity contribution in [3.8, 4) is 23.7 Å². The van der Waals surface area contributed by atoms with Gasteiger partial charge >= 0.3 is 0 Å². The van der Waals surface area contributed by atoms with E-state index >= 15 is 0 Å². The van der Waals surface area contributed by atoms with Crippen molar-refractivity contribution in [1.82, 2.24) is 10.8 Å². The van der Waals surface area contributed by atoms with E-state index in [9.17, 15) is 23.5 Å². The molecule has 7 nitrogen and oxygen atoms in total. The molecule has 2 amide bonds. The lowest BCUT2D eigenvalue weighted by Gasteiger charge is -2.30. The quantitative estimate of drug-likeness (QED) is 0.257. The van der Waals surface area contributed by atoms with Gasteiger partial charge < -0.3 is 15.5 Å². The van der Waals surface area contributed by atoms with Crippen LogP contribution in [0.15, 0.2) is 24.3 Å². The van der Waals surface area contributed by atoms with Crippen molar-refractivity contribution in [1.29, 1.82) is 0 Å². The van der Waals surface area contributed by atoms with Crippen molar-refractivity contribution in [2.24, 2.45) is 11.8 Å². The van der Waals surface area contributed by atoms with Crippen LogP contribution in [0.4, 0.5) is 8.78 Å². The maximum atomic E-state index is 13.1. The zero-order chi connectivity index (χ0) is 23.7. The van der Waals surface area contributed by atoms with Crippen LogP contribution in [-0.2, 0) is 4.79 Å². The van der Waals surface area contributed by atoms with E-state index in [1.807, 2.05) is 5.32 Å². The van der Waals surface area contributed by atoms with Crippen LogP contribution >= 0.6 is 0 Å². The summed E-state index contributed by atoms with van der Waals surface area (Å²) in [4.78, 5) is 24.0. The van der Waals surface area contributed by atoms with Gasteiger partial charge in [0.1, 0.15) is 6.04 Å². The van der Waals surface area contributed by atoms with Crippen molar-refractivity contribution >= 4 is 11.8 Å². The van der Waals surface area contributed by atoms with Crippen molar-refractivity contribution in [3.05, 3.63) is 35.4 Å². The summed E-state index contributed by atoms with van der Waals surface area (Å²) in [5.41, 5.74) is -1.12. The maximum absolute atomic E-state index is 13.1. The molecule has 0 aliphatic heterocycles. The van der Waals surface area contributed by atoms with E-state index < -0.39 is 29.9 Å². The third-order valence-electron chi connectivity index (χ3n) is 5.47. The van der Waals surface area contributed by atoms with Gasteiger partial charge in [0.15, 0.2) is 5.60 Å². The number of alkyl halides is 2. The minimum absolute atomic E-state index is 0.0445. The number of hydroxylamine groups is 1. The zero-order valence-electron chi connectivity index (χ0n) is 17.6. The van der Waals surface area contributed by atoms with E-state index in [1.165, 1.54) is 24.3 Å². The van der Waals surface area contributed by atoms with Gasteiger partial charge in [0.2, 0.25) is 0 Å². The van der Waals surface area contributed by atoms with Gasteiger partial charge in [-0.15, -0.1) is 0 Å². The first-order chi connectivity index (χ1) is 15.2. The first-order valence-electron chi connectivity index (χ1n) is 10.2. The maximum Gasteiger partial charge on any atom is 0.269 e. The fraction of sp³-hybridized carbons (Fsp3) is 0.478. The number of nitrogens with one attached hydrogen (secondary N) is 2. The molecule has 1 saturated carbocycles. The molecule has 0 radical (unpaired) electrons. The molecule has 1 fully saturated rings. The van der Waals surface area contributed by atoms with E-state index in [2.05, 4.69) is 23.7 Å². The second kappa shape index (κ2) is 11.6. The number of hydrogen-bond acceptors (Lipinski definition) is 5. The summed E-state index contributed by atoms with van der Waals surface area (Å²) in [6.07, 6.45) is 0.448. The van der Waals surface area contributed by atoms with E-state index in [1.54, 1.807) is 0 Å². The molecule has 2 atom stereocenters. The molecule has 2 rings (SSSR count). The van der Waals surface area contributed by atoms with Crippen LogP contribution in [0.3, 0.4) is 0 Å². The lowest BCUT2D eigenvalue weighted by atomic mass is 9.83. The second-order valence-corrected chi connectivity index (χ2v) is 7.91. The number of carbonyl (C=O) groups is 2. The molecule has 0 aromatic heterocycles. The summed E-state index contributed by atoms with van der Waals surface area (Å²) in [7, 11) is 0. The monoisotopic (exact) mass is 448 g/mol. The third kappa shape index (κ3) is 6.76. The minimum atomic E-state index is -3.35. The Morgan fingerprint density at radius 1 is 1.16 bits per heavy atom. The minimum Gasteiger partial charge on any atom is -0.396 e. The van der Waals surface area contributed by atoms with Crippen molar-refractivity contribution in [3.63, 3.8) is 0 Å². The molecule has 1 aromatic rings. The average Bonchev–Trinajstić information content (AvgIpc) is 2.80. The van der Waals surface area contributed by atoms with E-state index in [0.29, 0.717) is 18.4 Å². The Kier molecular flexibility index (Phi) is 9.15. The predicted molar refractivity (Wildman–Crippen MR) is 111 cm³/mol. The standard InChI is InChI=1S/C23H26F2N2O5/c1-23(31,22(24)25)19(21(30)27-32)26-20(29)18-12-10-16(11-13-18)5-3-2-4-15-6-8-17(14-28)9-7-15/h10-13,15,17,19,22,28,31-32H,6-9,14H2,1H3,(H,26,29)(H,27,30)/t15?,17?,19-,23?/m1/s1. The number of benzene rings is 1. The smallest absolute Gasteiger partial charge is 0.269 e. The molecule has 1 aliphatic rings. The number of aliphatic hydroxyl groups excluding tert-OH is 1. The molecular formula is C23H26F2N2O5. The van der Waals surface area contributed by atoms with Crippen LogP contribution in [0.5, 0.6) is 0 Å². The van der Waals surface area contributed by atoms with Crippen molar-refractivity contribution < 1.29 is 33.8 Å². The molecule has 1 aromatic carbocycles. The molecule has 9 heteroatoms. The van der Waals surface area contributed by atoms with Crippen LogP contribution in [-0.4, -0.2) is 51.9 Å².